The van der Waals surface area contributed by atoms with Crippen LogP contribution in [0, 0.1) is 5.41 Å². The number of nitrogens with zero attached hydrogens (tertiary/aromatic N) is 1. The van der Waals surface area contributed by atoms with E-state index in [0.717, 1.165) is 6.21 Å². The highest BCUT2D eigenvalue weighted by molar-refractivity contribution is 7.80. The molecule has 0 radical (unpaired) electrons. The van der Waals surface area contributed by atoms with Crippen molar-refractivity contribution in [2.24, 2.45) is 0 Å². The minimum atomic E-state index is -2.55. The molecule has 20 heavy (non-hydrogen) atoms. The Morgan fingerprint density at radius 2 is 2.35 bits per heavy atom. The lowest BCUT2D eigenvalue weighted by Gasteiger charge is -2.14. The van der Waals surface area contributed by atoms with E-state index in [4.69, 9.17) is 26.5 Å². The molecular weight excluding hydrogens is 306 g/mol. The van der Waals surface area contributed by atoms with E-state index in [0.29, 0.717) is 5.56 Å². The van der Waals surface area contributed by atoms with E-state index in [-0.39, 0.29) is 34.5 Å². The number of aliphatic hydroxyl groups is 1. The van der Waals surface area contributed by atoms with E-state index in [1.165, 1.54) is 18.3 Å². The molecular formula is C11H9ClN3O4S-. The van der Waals surface area contributed by atoms with Gasteiger partial charge >= 0.3 is 0 Å². The number of aromatic nitrogens is 1. The molecule has 1 heterocycles. The van der Waals surface area contributed by atoms with Gasteiger partial charge in [-0.3, -0.25) is 4.21 Å². The van der Waals surface area contributed by atoms with Gasteiger partial charge in [0.2, 0.25) is 5.89 Å². The van der Waals surface area contributed by atoms with Crippen molar-refractivity contribution >= 4 is 34.8 Å². The van der Waals surface area contributed by atoms with Gasteiger partial charge in [0, 0.05) is 33.6 Å². The second kappa shape index (κ2) is 6.14. The monoisotopic (exact) mass is 314 g/mol. The second-order valence-corrected chi connectivity index (χ2v) is 4.80. The van der Waals surface area contributed by atoms with Crippen LogP contribution in [0.2, 0.25) is 5.02 Å². The van der Waals surface area contributed by atoms with Crippen LogP contribution in [-0.2, 0) is 17.9 Å². The summed E-state index contributed by atoms with van der Waals surface area (Å²) in [4.78, 5) is 3.96. The van der Waals surface area contributed by atoms with Gasteiger partial charge in [0.25, 0.3) is 0 Å². The van der Waals surface area contributed by atoms with Gasteiger partial charge in [-0.15, -0.1) is 0 Å². The fraction of sp³-hybridized carbons (Fsp3) is 0.0909. The first-order chi connectivity index (χ1) is 9.55. The molecule has 106 valence electrons. The zero-order valence-electron chi connectivity index (χ0n) is 9.92. The smallest absolute Gasteiger partial charge is 0.227 e. The first-order valence-electron chi connectivity index (χ1n) is 5.31. The van der Waals surface area contributed by atoms with Crippen molar-refractivity contribution in [3.63, 3.8) is 0 Å². The van der Waals surface area contributed by atoms with Crippen LogP contribution < -0.4 is 4.72 Å². The maximum Gasteiger partial charge on any atom is 0.227 e. The summed E-state index contributed by atoms with van der Waals surface area (Å²) in [7, 11) is 0. The zero-order chi connectivity index (χ0) is 14.7. The third-order valence-electron chi connectivity index (χ3n) is 2.42. The second-order valence-electron chi connectivity index (χ2n) is 3.69. The van der Waals surface area contributed by atoms with Gasteiger partial charge < -0.3 is 24.2 Å². The topological polar surface area (TPSA) is 122 Å². The molecule has 1 unspecified atom stereocenters. The lowest BCUT2D eigenvalue weighted by atomic mass is 10.1. The number of oxazole rings is 1. The Morgan fingerprint density at radius 3 is 2.90 bits per heavy atom. The lowest BCUT2D eigenvalue weighted by Crippen LogP contribution is -2.06. The summed E-state index contributed by atoms with van der Waals surface area (Å²) in [6.45, 7) is -0.316. The molecule has 7 nitrogen and oxygen atoms in total. The van der Waals surface area contributed by atoms with E-state index in [9.17, 15) is 8.76 Å². The molecule has 0 aliphatic carbocycles. The predicted octanol–water partition coefficient (Wildman–Crippen LogP) is 1.69. The normalized spacial score (nSPS) is 12.2. The third-order valence-corrected chi connectivity index (χ3v) is 3.03. The molecule has 0 fully saturated rings. The summed E-state index contributed by atoms with van der Waals surface area (Å²) in [5.74, 6) is 0.382. The highest BCUT2D eigenvalue weighted by Gasteiger charge is 2.15. The quantitative estimate of drug-likeness (QED) is 0.572. The van der Waals surface area contributed by atoms with Crippen LogP contribution in [0.15, 0.2) is 22.7 Å². The SMILES string of the molecule is N=Cc1c(NS(=O)[O-])cc(Cl)cc1-c1ncc(CO)o1. The van der Waals surface area contributed by atoms with Crippen molar-refractivity contribution in [3.05, 3.63) is 34.7 Å². The maximum absolute atomic E-state index is 10.7. The molecule has 0 aliphatic heterocycles. The maximum atomic E-state index is 10.7. The van der Waals surface area contributed by atoms with Crippen LogP contribution in [-0.4, -0.2) is 25.1 Å². The zero-order valence-corrected chi connectivity index (χ0v) is 11.5. The molecule has 1 atom stereocenters. The number of aliphatic hydroxyl groups excluding tert-OH is 1. The van der Waals surface area contributed by atoms with E-state index in [1.807, 2.05) is 0 Å². The highest BCUT2D eigenvalue weighted by Crippen LogP contribution is 2.31. The first kappa shape index (κ1) is 14.7. The number of hydrogen-bond donors (Lipinski definition) is 3. The van der Waals surface area contributed by atoms with Crippen LogP contribution in [0.3, 0.4) is 0 Å². The van der Waals surface area contributed by atoms with Gasteiger partial charge in [0.05, 0.1) is 11.9 Å². The van der Waals surface area contributed by atoms with Crippen molar-refractivity contribution in [3.8, 4) is 11.5 Å². The number of nitrogens with one attached hydrogen (secondary N) is 2. The molecule has 0 bridgehead atoms. The molecule has 0 saturated carbocycles. The Bertz CT molecular complexity index is 674. The molecule has 3 N–H and O–H groups in total. The number of hydrogen-bond acceptors (Lipinski definition) is 6. The third kappa shape index (κ3) is 3.05. The summed E-state index contributed by atoms with van der Waals surface area (Å²) >= 11 is 3.37. The Hall–Kier alpha value is -1.74. The van der Waals surface area contributed by atoms with Gasteiger partial charge in [-0.1, -0.05) is 11.6 Å². The van der Waals surface area contributed by atoms with Gasteiger partial charge in [-0.05, 0) is 12.1 Å². The van der Waals surface area contributed by atoms with Crippen molar-refractivity contribution in [1.82, 2.24) is 4.98 Å². The molecule has 2 rings (SSSR count). The van der Waals surface area contributed by atoms with Gasteiger partial charge in [0.1, 0.15) is 12.4 Å². The molecule has 1 aromatic carbocycles. The lowest BCUT2D eigenvalue weighted by molar-refractivity contribution is 0.248. The van der Waals surface area contributed by atoms with E-state index < -0.39 is 11.3 Å². The van der Waals surface area contributed by atoms with Gasteiger partial charge in [0.15, 0.2) is 0 Å². The molecule has 0 saturated heterocycles. The summed E-state index contributed by atoms with van der Waals surface area (Å²) < 4.78 is 28.9. The molecule has 1 aromatic heterocycles. The standard InChI is InChI=1S/C11H10ClN3O4S/c12-6-1-8(11-14-4-7(5-16)19-11)9(3-13)10(2-6)15-20(17)18/h1-4,13,15-16H,5H2,(H,17,18)/p-1. The minimum Gasteiger partial charge on any atom is -0.755 e. The van der Waals surface area contributed by atoms with Gasteiger partial charge in [-0.25, -0.2) is 4.98 Å². The van der Waals surface area contributed by atoms with Crippen molar-refractivity contribution < 1.29 is 18.3 Å². The van der Waals surface area contributed by atoms with E-state index in [1.54, 1.807) is 0 Å². The molecule has 2 aromatic rings. The highest BCUT2D eigenvalue weighted by atomic mass is 35.5. The average molecular weight is 315 g/mol. The van der Waals surface area contributed by atoms with E-state index >= 15 is 0 Å². The fourth-order valence-electron chi connectivity index (χ4n) is 1.63. The molecule has 9 heteroatoms. The summed E-state index contributed by atoms with van der Waals surface area (Å²) in [6.07, 6.45) is 2.30. The molecule has 0 aliphatic rings. The van der Waals surface area contributed by atoms with Crippen LogP contribution in [0.25, 0.3) is 11.5 Å². The summed E-state index contributed by atoms with van der Waals surface area (Å²) in [6, 6.07) is 2.87. The minimum absolute atomic E-state index is 0.134. The Balaban J connectivity index is 2.59. The largest absolute Gasteiger partial charge is 0.755 e. The van der Waals surface area contributed by atoms with Crippen molar-refractivity contribution in [2.45, 2.75) is 6.61 Å². The van der Waals surface area contributed by atoms with Crippen LogP contribution in [0.4, 0.5) is 5.69 Å². The van der Waals surface area contributed by atoms with Crippen LogP contribution >= 0.6 is 11.6 Å². The van der Waals surface area contributed by atoms with Crippen molar-refractivity contribution in [1.29, 1.82) is 5.41 Å². The Kier molecular flexibility index (Phi) is 4.50. The number of anilines is 1. The number of rotatable bonds is 5. The Morgan fingerprint density at radius 1 is 1.60 bits per heavy atom. The first-order valence-corrected chi connectivity index (χ1v) is 6.76. The van der Waals surface area contributed by atoms with E-state index in [2.05, 4.69) is 9.71 Å². The van der Waals surface area contributed by atoms with Crippen LogP contribution in [0.1, 0.15) is 11.3 Å². The van der Waals surface area contributed by atoms with Crippen molar-refractivity contribution in [2.75, 3.05) is 4.72 Å². The molecule has 0 amide bonds. The predicted molar refractivity (Wildman–Crippen MR) is 73.3 cm³/mol. The van der Waals surface area contributed by atoms with Crippen LogP contribution in [0.5, 0.6) is 0 Å². The fourth-order valence-corrected chi connectivity index (χ4v) is 2.20. The average Bonchev–Trinajstić information content (AvgIpc) is 2.86. The number of benzene rings is 1. The summed E-state index contributed by atoms with van der Waals surface area (Å²) in [5.41, 5.74) is 0.740. The Labute approximate surface area is 121 Å². The number of halogens is 1. The summed E-state index contributed by atoms with van der Waals surface area (Å²) in [5, 5.41) is 16.6. The van der Waals surface area contributed by atoms with Gasteiger partial charge in [-0.2, -0.15) is 0 Å². The molecule has 0 spiro atoms.